The number of ether oxygens (including phenoxy) is 4. The van der Waals surface area contributed by atoms with Gasteiger partial charge in [0, 0.05) is 13.7 Å². The van der Waals surface area contributed by atoms with Gasteiger partial charge in [0.25, 0.3) is 0 Å². The van der Waals surface area contributed by atoms with Crippen LogP contribution in [0, 0.1) is 5.41 Å². The first kappa shape index (κ1) is 19.4. The molecule has 0 radical (unpaired) electrons. The van der Waals surface area contributed by atoms with E-state index in [9.17, 15) is 14.4 Å². The molecule has 1 aliphatic heterocycles. The van der Waals surface area contributed by atoms with E-state index >= 15 is 0 Å². The van der Waals surface area contributed by atoms with Gasteiger partial charge in [-0.25, -0.2) is 0 Å². The number of hydrogen-bond acceptors (Lipinski definition) is 8. The van der Waals surface area contributed by atoms with Crippen LogP contribution in [-0.4, -0.2) is 75.5 Å². The van der Waals surface area contributed by atoms with Crippen LogP contribution in [0.1, 0.15) is 20.8 Å². The van der Waals surface area contributed by atoms with Crippen LogP contribution in [-0.2, 0) is 33.3 Å². The number of nitrogens with zero attached hydrogens (tertiary/aromatic N) is 1. The van der Waals surface area contributed by atoms with Crippen molar-refractivity contribution in [3.63, 3.8) is 0 Å². The predicted octanol–water partition coefficient (Wildman–Crippen LogP) is -0.00890. The summed E-state index contributed by atoms with van der Waals surface area (Å²) in [5.41, 5.74) is -1.90. The molecule has 0 N–H and O–H groups in total. The van der Waals surface area contributed by atoms with E-state index in [-0.39, 0.29) is 26.4 Å². The van der Waals surface area contributed by atoms with E-state index in [1.165, 1.54) is 7.11 Å². The van der Waals surface area contributed by atoms with Gasteiger partial charge in [0.15, 0.2) is 0 Å². The van der Waals surface area contributed by atoms with Gasteiger partial charge in [-0.05, 0) is 27.8 Å². The number of likely N-dealkylation sites (tertiary alicyclic amines) is 1. The van der Waals surface area contributed by atoms with Crippen LogP contribution in [0.2, 0.25) is 0 Å². The quantitative estimate of drug-likeness (QED) is 0.365. The molecule has 0 aromatic heterocycles. The highest BCUT2D eigenvalue weighted by molar-refractivity contribution is 6.07. The summed E-state index contributed by atoms with van der Waals surface area (Å²) in [7, 11) is 2.99. The van der Waals surface area contributed by atoms with Crippen LogP contribution in [0.4, 0.5) is 0 Å². The van der Waals surface area contributed by atoms with Crippen molar-refractivity contribution in [3.05, 3.63) is 0 Å². The zero-order chi connectivity index (χ0) is 17.6. The van der Waals surface area contributed by atoms with E-state index in [1.54, 1.807) is 32.7 Å². The summed E-state index contributed by atoms with van der Waals surface area (Å²) >= 11 is 0. The van der Waals surface area contributed by atoms with Crippen LogP contribution < -0.4 is 0 Å². The van der Waals surface area contributed by atoms with Gasteiger partial charge in [0.2, 0.25) is 5.41 Å². The van der Waals surface area contributed by atoms with Crippen molar-refractivity contribution < 1.29 is 33.3 Å². The molecule has 0 unspecified atom stereocenters. The fourth-order valence-corrected chi connectivity index (χ4v) is 2.95. The van der Waals surface area contributed by atoms with Crippen LogP contribution in [0.3, 0.4) is 0 Å². The molecule has 0 saturated carbocycles. The fraction of sp³-hybridized carbons (Fsp3) is 0.800. The van der Waals surface area contributed by atoms with E-state index < -0.39 is 35.5 Å². The zero-order valence-electron chi connectivity index (χ0n) is 14.3. The average molecular weight is 331 g/mol. The molecule has 1 fully saturated rings. The van der Waals surface area contributed by atoms with E-state index in [1.807, 2.05) is 0 Å². The molecule has 8 heteroatoms. The highest BCUT2D eigenvalue weighted by Gasteiger charge is 2.69. The summed E-state index contributed by atoms with van der Waals surface area (Å²) in [4.78, 5) is 39.3. The molecule has 1 saturated heterocycles. The van der Waals surface area contributed by atoms with Gasteiger partial charge >= 0.3 is 17.9 Å². The number of esters is 3. The largest absolute Gasteiger partial charge is 0.465 e. The minimum Gasteiger partial charge on any atom is -0.465 e. The van der Waals surface area contributed by atoms with Crippen LogP contribution >= 0.6 is 0 Å². The molecule has 8 nitrogen and oxygen atoms in total. The Morgan fingerprint density at radius 3 is 1.87 bits per heavy atom. The Morgan fingerprint density at radius 2 is 1.48 bits per heavy atom. The lowest BCUT2D eigenvalue weighted by Gasteiger charge is -2.33. The maximum absolute atomic E-state index is 12.7. The van der Waals surface area contributed by atoms with Crippen molar-refractivity contribution in [1.29, 1.82) is 0 Å². The van der Waals surface area contributed by atoms with Crippen molar-refractivity contribution in [1.82, 2.24) is 4.90 Å². The second-order valence-electron chi connectivity index (χ2n) is 5.13. The Labute approximate surface area is 136 Å². The molecule has 0 bridgehead atoms. The van der Waals surface area contributed by atoms with Crippen LogP contribution in [0.5, 0.6) is 0 Å². The SMILES string of the molecule is CCOC(=O)[C@H]1N(C)C[C@H](OC)C1(C(=O)OCC)C(=O)OCC. The summed E-state index contributed by atoms with van der Waals surface area (Å²) in [6, 6.07) is -1.16. The molecule has 0 amide bonds. The molecular formula is C15H25NO7. The third-order valence-electron chi connectivity index (χ3n) is 3.85. The first-order valence-electron chi connectivity index (χ1n) is 7.65. The highest BCUT2D eigenvalue weighted by Crippen LogP contribution is 2.41. The number of likely N-dealkylation sites (N-methyl/N-ethyl adjacent to an activating group) is 1. The summed E-state index contributed by atoms with van der Waals surface area (Å²) in [6.45, 7) is 5.34. The van der Waals surface area contributed by atoms with E-state index in [0.717, 1.165) is 0 Å². The molecule has 0 aromatic rings. The second kappa shape index (κ2) is 8.26. The lowest BCUT2D eigenvalue weighted by Crippen LogP contribution is -2.59. The smallest absolute Gasteiger partial charge is 0.328 e. The minimum absolute atomic E-state index is 0.0652. The number of rotatable bonds is 7. The van der Waals surface area contributed by atoms with Crippen molar-refractivity contribution in [2.24, 2.45) is 5.41 Å². The summed E-state index contributed by atoms with van der Waals surface area (Å²) in [6.07, 6.45) is -0.875. The molecule has 0 aromatic carbocycles. The van der Waals surface area contributed by atoms with Crippen LogP contribution in [0.15, 0.2) is 0 Å². The van der Waals surface area contributed by atoms with Gasteiger partial charge in [-0.1, -0.05) is 0 Å². The predicted molar refractivity (Wildman–Crippen MR) is 79.5 cm³/mol. The van der Waals surface area contributed by atoms with Crippen LogP contribution in [0.25, 0.3) is 0 Å². The van der Waals surface area contributed by atoms with Gasteiger partial charge < -0.3 is 18.9 Å². The molecule has 1 heterocycles. The van der Waals surface area contributed by atoms with Gasteiger partial charge in [0.05, 0.1) is 25.9 Å². The van der Waals surface area contributed by atoms with E-state index in [0.29, 0.717) is 0 Å². The minimum atomic E-state index is -1.90. The maximum atomic E-state index is 12.7. The molecule has 1 rings (SSSR count). The summed E-state index contributed by atoms with van der Waals surface area (Å²) < 4.78 is 20.6. The monoisotopic (exact) mass is 331 g/mol. The summed E-state index contributed by atoms with van der Waals surface area (Å²) in [5, 5.41) is 0. The van der Waals surface area contributed by atoms with Crippen molar-refractivity contribution in [2.75, 3.05) is 40.5 Å². The van der Waals surface area contributed by atoms with Crippen molar-refractivity contribution in [3.8, 4) is 0 Å². The molecule has 0 aliphatic carbocycles. The van der Waals surface area contributed by atoms with Crippen molar-refractivity contribution >= 4 is 17.9 Å². The van der Waals surface area contributed by atoms with Crippen molar-refractivity contribution in [2.45, 2.75) is 32.9 Å². The molecule has 2 atom stereocenters. The molecular weight excluding hydrogens is 306 g/mol. The first-order chi connectivity index (χ1) is 10.9. The highest BCUT2D eigenvalue weighted by atomic mass is 16.6. The third kappa shape index (κ3) is 3.32. The Morgan fingerprint density at radius 1 is 1.00 bits per heavy atom. The van der Waals surface area contributed by atoms with Gasteiger partial charge in [-0.2, -0.15) is 0 Å². The number of carbonyl (C=O) groups excluding carboxylic acids is 3. The lowest BCUT2D eigenvalue weighted by molar-refractivity contribution is -0.187. The Kier molecular flexibility index (Phi) is 6.96. The average Bonchev–Trinajstić information content (AvgIpc) is 2.81. The topological polar surface area (TPSA) is 91.4 Å². The second-order valence-corrected chi connectivity index (χ2v) is 5.13. The van der Waals surface area contributed by atoms with Gasteiger partial charge in [-0.3, -0.25) is 19.3 Å². The number of carbonyl (C=O) groups is 3. The van der Waals surface area contributed by atoms with Gasteiger partial charge in [0.1, 0.15) is 6.04 Å². The zero-order valence-corrected chi connectivity index (χ0v) is 14.3. The third-order valence-corrected chi connectivity index (χ3v) is 3.85. The van der Waals surface area contributed by atoms with E-state index in [4.69, 9.17) is 18.9 Å². The standard InChI is InChI=1S/C15H25NO7/c1-6-21-12(17)11-15(13(18)22-7-2,14(19)23-8-3)10(20-5)9-16(11)4/h10-11H,6-9H2,1-5H3/t10-,11+/m0/s1. The fourth-order valence-electron chi connectivity index (χ4n) is 2.95. The van der Waals surface area contributed by atoms with E-state index in [2.05, 4.69) is 0 Å². The molecule has 132 valence electrons. The Balaban J connectivity index is 3.44. The molecule has 1 aliphatic rings. The lowest BCUT2D eigenvalue weighted by atomic mass is 9.77. The number of methoxy groups -OCH3 is 1. The molecule has 0 spiro atoms. The number of hydrogen-bond donors (Lipinski definition) is 0. The molecule has 23 heavy (non-hydrogen) atoms. The first-order valence-corrected chi connectivity index (χ1v) is 7.65. The normalized spacial score (nSPS) is 23.3. The summed E-state index contributed by atoms with van der Waals surface area (Å²) in [5.74, 6) is -2.36. The maximum Gasteiger partial charge on any atom is 0.328 e. The Bertz CT molecular complexity index is 433. The van der Waals surface area contributed by atoms with Gasteiger partial charge in [-0.15, -0.1) is 0 Å². The Hall–Kier alpha value is -1.67.